The van der Waals surface area contributed by atoms with Crippen molar-refractivity contribution < 1.29 is 9.59 Å². The SMILES string of the molecule is Cn1cccc1CNC(=O)CNC(=O)CN. The monoisotopic (exact) mass is 224 g/mol. The van der Waals surface area contributed by atoms with Gasteiger partial charge in [-0.3, -0.25) is 9.59 Å². The number of hydrogen-bond acceptors (Lipinski definition) is 3. The molecule has 16 heavy (non-hydrogen) atoms. The quantitative estimate of drug-likeness (QED) is 0.581. The van der Waals surface area contributed by atoms with Crippen molar-refractivity contribution >= 4 is 11.8 Å². The maximum Gasteiger partial charge on any atom is 0.239 e. The Morgan fingerprint density at radius 1 is 1.38 bits per heavy atom. The van der Waals surface area contributed by atoms with Crippen LogP contribution < -0.4 is 16.4 Å². The van der Waals surface area contributed by atoms with Crippen LogP contribution in [0.5, 0.6) is 0 Å². The topological polar surface area (TPSA) is 89.2 Å². The smallest absolute Gasteiger partial charge is 0.239 e. The number of nitrogens with one attached hydrogen (secondary N) is 2. The normalized spacial score (nSPS) is 9.88. The Bertz CT molecular complexity index is 373. The molecule has 1 aromatic rings. The van der Waals surface area contributed by atoms with E-state index in [1.807, 2.05) is 29.9 Å². The third-order valence-electron chi connectivity index (χ3n) is 2.15. The van der Waals surface area contributed by atoms with Crippen molar-refractivity contribution in [2.75, 3.05) is 13.1 Å². The summed E-state index contributed by atoms with van der Waals surface area (Å²) in [4.78, 5) is 22.1. The first kappa shape index (κ1) is 12.3. The van der Waals surface area contributed by atoms with Gasteiger partial charge in [-0.25, -0.2) is 0 Å². The minimum atomic E-state index is -0.339. The van der Waals surface area contributed by atoms with Gasteiger partial charge in [0.05, 0.1) is 19.6 Å². The highest BCUT2D eigenvalue weighted by atomic mass is 16.2. The lowest BCUT2D eigenvalue weighted by Gasteiger charge is -2.07. The second-order valence-electron chi connectivity index (χ2n) is 3.37. The van der Waals surface area contributed by atoms with Crippen molar-refractivity contribution in [2.24, 2.45) is 12.8 Å². The Morgan fingerprint density at radius 2 is 2.12 bits per heavy atom. The number of aryl methyl sites for hydroxylation is 1. The third-order valence-corrected chi connectivity index (χ3v) is 2.15. The van der Waals surface area contributed by atoms with Gasteiger partial charge in [-0.15, -0.1) is 0 Å². The molecule has 2 amide bonds. The van der Waals surface area contributed by atoms with Gasteiger partial charge in [-0.2, -0.15) is 0 Å². The van der Waals surface area contributed by atoms with E-state index in [1.54, 1.807) is 0 Å². The Hall–Kier alpha value is -1.82. The number of carbonyl (C=O) groups is 2. The van der Waals surface area contributed by atoms with E-state index < -0.39 is 0 Å². The number of nitrogens with zero attached hydrogens (tertiary/aromatic N) is 1. The fraction of sp³-hybridized carbons (Fsp3) is 0.400. The van der Waals surface area contributed by atoms with Crippen molar-refractivity contribution in [3.05, 3.63) is 24.0 Å². The van der Waals surface area contributed by atoms with Gasteiger partial charge in [0.15, 0.2) is 0 Å². The lowest BCUT2D eigenvalue weighted by atomic mass is 10.4. The number of nitrogens with two attached hydrogens (primary N) is 1. The number of aromatic nitrogens is 1. The van der Waals surface area contributed by atoms with Crippen molar-refractivity contribution in [2.45, 2.75) is 6.54 Å². The van der Waals surface area contributed by atoms with Gasteiger partial charge in [0.2, 0.25) is 11.8 Å². The number of hydrogen-bond donors (Lipinski definition) is 3. The van der Waals surface area contributed by atoms with Crippen LogP contribution in [-0.2, 0) is 23.2 Å². The van der Waals surface area contributed by atoms with Crippen LogP contribution in [0.15, 0.2) is 18.3 Å². The molecule has 0 fully saturated rings. The minimum absolute atomic E-state index is 0.0412. The van der Waals surface area contributed by atoms with Gasteiger partial charge < -0.3 is 20.9 Å². The Morgan fingerprint density at radius 3 is 2.69 bits per heavy atom. The van der Waals surface area contributed by atoms with Crippen molar-refractivity contribution in [3.63, 3.8) is 0 Å². The van der Waals surface area contributed by atoms with E-state index in [2.05, 4.69) is 10.6 Å². The molecular formula is C10H16N4O2. The number of amides is 2. The van der Waals surface area contributed by atoms with Gasteiger partial charge in [0, 0.05) is 18.9 Å². The lowest BCUT2D eigenvalue weighted by Crippen LogP contribution is -2.39. The summed E-state index contributed by atoms with van der Waals surface area (Å²) in [6, 6.07) is 3.82. The molecule has 0 bridgehead atoms. The molecule has 0 aliphatic carbocycles. The first-order valence-electron chi connectivity index (χ1n) is 4.97. The zero-order chi connectivity index (χ0) is 12.0. The van der Waals surface area contributed by atoms with Gasteiger partial charge in [0.1, 0.15) is 0 Å². The minimum Gasteiger partial charge on any atom is -0.353 e. The van der Waals surface area contributed by atoms with Crippen LogP contribution in [0.4, 0.5) is 0 Å². The summed E-state index contributed by atoms with van der Waals surface area (Å²) in [5, 5.41) is 5.08. The van der Waals surface area contributed by atoms with Crippen molar-refractivity contribution in [3.8, 4) is 0 Å². The average molecular weight is 224 g/mol. The van der Waals surface area contributed by atoms with E-state index >= 15 is 0 Å². The molecule has 1 heterocycles. The molecule has 88 valence electrons. The van der Waals surface area contributed by atoms with Crippen LogP contribution in [0.3, 0.4) is 0 Å². The predicted octanol–water partition coefficient (Wildman–Crippen LogP) is -1.28. The second-order valence-corrected chi connectivity index (χ2v) is 3.37. The molecule has 0 radical (unpaired) electrons. The average Bonchev–Trinajstić information content (AvgIpc) is 2.69. The summed E-state index contributed by atoms with van der Waals surface area (Å²) in [6.07, 6.45) is 1.90. The predicted molar refractivity (Wildman–Crippen MR) is 59.3 cm³/mol. The molecule has 4 N–H and O–H groups in total. The van der Waals surface area contributed by atoms with Crippen LogP contribution in [0.25, 0.3) is 0 Å². The molecule has 0 aliphatic rings. The van der Waals surface area contributed by atoms with Crippen molar-refractivity contribution in [1.29, 1.82) is 0 Å². The van der Waals surface area contributed by atoms with Crippen LogP contribution in [-0.4, -0.2) is 29.5 Å². The zero-order valence-electron chi connectivity index (χ0n) is 9.19. The van der Waals surface area contributed by atoms with Gasteiger partial charge in [-0.05, 0) is 12.1 Å². The largest absolute Gasteiger partial charge is 0.353 e. The van der Waals surface area contributed by atoms with E-state index in [0.29, 0.717) is 6.54 Å². The second kappa shape index (κ2) is 5.92. The third kappa shape index (κ3) is 3.74. The molecular weight excluding hydrogens is 208 g/mol. The van der Waals surface area contributed by atoms with E-state index in [0.717, 1.165) is 5.69 Å². The Balaban J connectivity index is 2.25. The summed E-state index contributed by atoms with van der Waals surface area (Å²) >= 11 is 0. The molecule has 0 aromatic carbocycles. The van der Waals surface area contributed by atoms with Crippen LogP contribution in [0.2, 0.25) is 0 Å². The molecule has 6 nitrogen and oxygen atoms in total. The van der Waals surface area contributed by atoms with E-state index in [9.17, 15) is 9.59 Å². The van der Waals surface area contributed by atoms with Gasteiger partial charge in [0.25, 0.3) is 0 Å². The fourth-order valence-electron chi connectivity index (χ4n) is 1.18. The highest BCUT2D eigenvalue weighted by Crippen LogP contribution is 1.97. The van der Waals surface area contributed by atoms with Crippen LogP contribution in [0.1, 0.15) is 5.69 Å². The van der Waals surface area contributed by atoms with Gasteiger partial charge in [-0.1, -0.05) is 0 Å². The molecule has 1 aromatic heterocycles. The molecule has 0 saturated heterocycles. The first-order valence-corrected chi connectivity index (χ1v) is 4.97. The molecule has 0 aliphatic heterocycles. The maximum absolute atomic E-state index is 11.3. The summed E-state index contributed by atoms with van der Waals surface area (Å²) in [7, 11) is 1.90. The Kier molecular flexibility index (Phi) is 4.53. The van der Waals surface area contributed by atoms with Gasteiger partial charge >= 0.3 is 0 Å². The van der Waals surface area contributed by atoms with Crippen LogP contribution in [0, 0.1) is 0 Å². The summed E-state index contributed by atoms with van der Waals surface area (Å²) < 4.78 is 1.92. The molecule has 0 spiro atoms. The summed E-state index contributed by atoms with van der Waals surface area (Å²) in [5.74, 6) is -0.572. The van der Waals surface area contributed by atoms with E-state index in [1.165, 1.54) is 0 Å². The van der Waals surface area contributed by atoms with E-state index in [-0.39, 0.29) is 24.9 Å². The van der Waals surface area contributed by atoms with Crippen LogP contribution >= 0.6 is 0 Å². The number of carbonyl (C=O) groups excluding carboxylic acids is 2. The first-order chi connectivity index (χ1) is 7.63. The highest BCUT2D eigenvalue weighted by molar-refractivity contribution is 5.85. The fourth-order valence-corrected chi connectivity index (χ4v) is 1.18. The lowest BCUT2D eigenvalue weighted by molar-refractivity contribution is -0.125. The standard InChI is InChI=1S/C10H16N4O2/c1-14-4-2-3-8(14)6-12-10(16)7-13-9(15)5-11/h2-4H,5-7,11H2,1H3,(H,12,16)(H,13,15). The van der Waals surface area contributed by atoms with E-state index in [4.69, 9.17) is 5.73 Å². The molecule has 0 saturated carbocycles. The molecule has 0 atom stereocenters. The molecule has 1 rings (SSSR count). The maximum atomic E-state index is 11.3. The van der Waals surface area contributed by atoms with Crippen molar-refractivity contribution in [1.82, 2.24) is 15.2 Å². The summed E-state index contributed by atoms with van der Waals surface area (Å²) in [6.45, 7) is 0.298. The Labute approximate surface area is 93.8 Å². The molecule has 0 unspecified atom stereocenters. The molecule has 6 heteroatoms. The zero-order valence-corrected chi connectivity index (χ0v) is 9.19. The summed E-state index contributed by atoms with van der Waals surface area (Å²) in [5.41, 5.74) is 6.08. The highest BCUT2D eigenvalue weighted by Gasteiger charge is 2.04. The number of rotatable bonds is 5.